The van der Waals surface area contributed by atoms with Crippen LogP contribution in [0.25, 0.3) is 0 Å². The zero-order chi connectivity index (χ0) is 19.6. The van der Waals surface area contributed by atoms with Gasteiger partial charge in [-0.3, -0.25) is 9.59 Å². The van der Waals surface area contributed by atoms with Crippen molar-refractivity contribution in [1.29, 1.82) is 0 Å². The predicted octanol–water partition coefficient (Wildman–Crippen LogP) is 5.17. The molecule has 1 unspecified atom stereocenters. The number of anilines is 1. The van der Waals surface area contributed by atoms with Crippen LogP contribution in [0, 0.1) is 8.99 Å². The molecule has 0 N–H and O–H groups in total. The summed E-state index contributed by atoms with van der Waals surface area (Å²) < 4.78 is 7.91. The van der Waals surface area contributed by atoms with E-state index in [-0.39, 0.29) is 11.5 Å². The zero-order valence-corrected chi connectivity index (χ0v) is 21.0. The van der Waals surface area contributed by atoms with Gasteiger partial charge in [-0.1, -0.05) is 20.8 Å². The van der Waals surface area contributed by atoms with Gasteiger partial charge in [-0.2, -0.15) is 0 Å². The largest absolute Gasteiger partial charge is 0.417 e. The van der Waals surface area contributed by atoms with Crippen LogP contribution in [0.2, 0.25) is 13.1 Å². The maximum Gasteiger partial charge on any atom is 0.299 e. The van der Waals surface area contributed by atoms with E-state index in [9.17, 15) is 9.59 Å². The van der Waals surface area contributed by atoms with Gasteiger partial charge in [0.2, 0.25) is 0 Å². The van der Waals surface area contributed by atoms with Crippen LogP contribution in [-0.4, -0.2) is 33.4 Å². The first-order chi connectivity index (χ1) is 12.0. The Labute approximate surface area is 180 Å². The number of unbranched alkanes of at least 4 members (excludes halogenated alkanes) is 1. The Morgan fingerprint density at radius 1 is 1.23 bits per heavy atom. The number of benzene rings is 1. The molecule has 1 aromatic carbocycles. The standard InChI is InChI=1S/C19H27BrINO3Si/c1-19(2,3)15(25-26(4)5)8-6-7-9-22-14-11-12(21)10-13(20)16(14)17(23)18(22)24/h10-11,15,26H,6-9H2,1-5H3. The fourth-order valence-electron chi connectivity index (χ4n) is 3.19. The van der Waals surface area contributed by atoms with Crippen LogP contribution in [0.4, 0.5) is 5.69 Å². The molecule has 1 aliphatic heterocycles. The molecular formula is C19H27BrINO3Si. The third-order valence-electron chi connectivity index (χ3n) is 4.49. The second-order valence-electron chi connectivity index (χ2n) is 8.10. The molecule has 0 spiro atoms. The highest BCUT2D eigenvalue weighted by molar-refractivity contribution is 14.1. The first kappa shape index (κ1) is 22.0. The molecule has 1 atom stereocenters. The number of hydrogen-bond acceptors (Lipinski definition) is 3. The first-order valence-corrected chi connectivity index (χ1v) is 13.7. The highest BCUT2D eigenvalue weighted by atomic mass is 127. The molecule has 7 heteroatoms. The molecule has 0 fully saturated rings. The summed E-state index contributed by atoms with van der Waals surface area (Å²) in [5, 5.41) is 0. The maximum atomic E-state index is 12.4. The van der Waals surface area contributed by atoms with Crippen molar-refractivity contribution >= 4 is 64.9 Å². The Bertz CT molecular complexity index is 703. The van der Waals surface area contributed by atoms with Gasteiger partial charge in [0.05, 0.1) is 11.3 Å². The van der Waals surface area contributed by atoms with Crippen LogP contribution >= 0.6 is 38.5 Å². The van der Waals surface area contributed by atoms with Crippen molar-refractivity contribution in [2.75, 3.05) is 11.4 Å². The smallest absolute Gasteiger partial charge is 0.299 e. The van der Waals surface area contributed by atoms with Gasteiger partial charge in [0.1, 0.15) is 0 Å². The topological polar surface area (TPSA) is 46.6 Å². The van der Waals surface area contributed by atoms with Gasteiger partial charge < -0.3 is 9.33 Å². The van der Waals surface area contributed by atoms with Gasteiger partial charge in [-0.05, 0) is 88.4 Å². The first-order valence-electron chi connectivity index (χ1n) is 9.03. The minimum Gasteiger partial charge on any atom is -0.417 e. The molecule has 2 rings (SSSR count). The van der Waals surface area contributed by atoms with E-state index in [0.717, 1.165) is 28.5 Å². The molecule has 1 amide bonds. The number of carbonyl (C=O) groups is 2. The van der Waals surface area contributed by atoms with E-state index in [0.29, 0.717) is 16.6 Å². The summed E-state index contributed by atoms with van der Waals surface area (Å²) in [5.74, 6) is -0.828. The molecule has 1 aromatic rings. The molecule has 0 saturated carbocycles. The van der Waals surface area contributed by atoms with Crippen LogP contribution in [0.1, 0.15) is 50.4 Å². The molecule has 0 radical (unpaired) electrons. The lowest BCUT2D eigenvalue weighted by molar-refractivity contribution is -0.114. The summed E-state index contributed by atoms with van der Waals surface area (Å²) in [4.78, 5) is 26.3. The summed E-state index contributed by atoms with van der Waals surface area (Å²) in [5.41, 5.74) is 1.35. The van der Waals surface area contributed by atoms with Crippen molar-refractivity contribution < 1.29 is 14.0 Å². The summed E-state index contributed by atoms with van der Waals surface area (Å²) >= 11 is 5.63. The molecule has 4 nitrogen and oxygen atoms in total. The Balaban J connectivity index is 2.00. The monoisotopic (exact) mass is 551 g/mol. The van der Waals surface area contributed by atoms with Crippen molar-refractivity contribution in [3.63, 3.8) is 0 Å². The number of ketones is 1. The highest BCUT2D eigenvalue weighted by Gasteiger charge is 2.37. The van der Waals surface area contributed by atoms with Gasteiger partial charge in [-0.15, -0.1) is 0 Å². The van der Waals surface area contributed by atoms with E-state index in [4.69, 9.17) is 4.43 Å². The lowest BCUT2D eigenvalue weighted by atomic mass is 9.86. The fourth-order valence-corrected chi connectivity index (χ4v) is 6.06. The molecule has 1 heterocycles. The average Bonchev–Trinajstić information content (AvgIpc) is 2.73. The van der Waals surface area contributed by atoms with Gasteiger partial charge >= 0.3 is 0 Å². The molecule has 0 aromatic heterocycles. The van der Waals surface area contributed by atoms with E-state index < -0.39 is 20.7 Å². The number of nitrogens with zero attached hydrogens (tertiary/aromatic N) is 1. The summed E-state index contributed by atoms with van der Waals surface area (Å²) in [6, 6.07) is 3.78. The van der Waals surface area contributed by atoms with E-state index in [1.165, 1.54) is 0 Å². The summed E-state index contributed by atoms with van der Waals surface area (Å²) in [6.07, 6.45) is 3.05. The summed E-state index contributed by atoms with van der Waals surface area (Å²) in [6.45, 7) is 11.6. The van der Waals surface area contributed by atoms with E-state index in [2.05, 4.69) is 72.4 Å². The Morgan fingerprint density at radius 2 is 1.88 bits per heavy atom. The maximum absolute atomic E-state index is 12.4. The van der Waals surface area contributed by atoms with Crippen LogP contribution in [-0.2, 0) is 9.22 Å². The van der Waals surface area contributed by atoms with Gasteiger partial charge in [0, 0.05) is 20.7 Å². The lowest BCUT2D eigenvalue weighted by Crippen LogP contribution is -2.34. The molecule has 1 aliphatic rings. The van der Waals surface area contributed by atoms with Crippen molar-refractivity contribution in [3.8, 4) is 0 Å². The van der Waals surface area contributed by atoms with Gasteiger partial charge in [0.25, 0.3) is 11.7 Å². The fraction of sp³-hybridized carbons (Fsp3) is 0.579. The second kappa shape index (κ2) is 8.83. The van der Waals surface area contributed by atoms with Crippen molar-refractivity contribution in [2.45, 2.75) is 59.2 Å². The minimum absolute atomic E-state index is 0.115. The third-order valence-corrected chi connectivity index (χ3v) is 6.61. The van der Waals surface area contributed by atoms with Crippen molar-refractivity contribution in [2.24, 2.45) is 5.41 Å². The lowest BCUT2D eigenvalue weighted by Gasteiger charge is -2.33. The van der Waals surface area contributed by atoms with E-state index in [1.807, 2.05) is 12.1 Å². The SMILES string of the molecule is C[SiH](C)OC(CCCCN1C(=O)C(=O)c2c(Br)cc(I)cc21)C(C)(C)C. The molecule has 0 saturated heterocycles. The number of Topliss-reactive ketones (excluding diaryl/α,β-unsaturated/α-hetero) is 1. The Morgan fingerprint density at radius 3 is 2.46 bits per heavy atom. The zero-order valence-electron chi connectivity index (χ0n) is 16.1. The normalized spacial score (nSPS) is 15.8. The molecule has 0 aliphatic carbocycles. The Kier molecular flexibility index (Phi) is 7.49. The highest BCUT2D eigenvalue weighted by Crippen LogP contribution is 2.36. The van der Waals surface area contributed by atoms with E-state index >= 15 is 0 Å². The van der Waals surface area contributed by atoms with Gasteiger partial charge in [-0.25, -0.2) is 0 Å². The molecule has 26 heavy (non-hydrogen) atoms. The molecule has 0 bridgehead atoms. The second-order valence-corrected chi connectivity index (χ2v) is 12.6. The molecule has 144 valence electrons. The quantitative estimate of drug-likeness (QED) is 0.203. The number of amides is 1. The van der Waals surface area contributed by atoms with Crippen molar-refractivity contribution in [3.05, 3.63) is 25.7 Å². The number of hydrogen-bond donors (Lipinski definition) is 0. The van der Waals surface area contributed by atoms with E-state index in [1.54, 1.807) is 4.90 Å². The number of rotatable bonds is 7. The van der Waals surface area contributed by atoms with Crippen LogP contribution in [0.5, 0.6) is 0 Å². The minimum atomic E-state index is -1.09. The van der Waals surface area contributed by atoms with Crippen LogP contribution < -0.4 is 4.90 Å². The number of carbonyl (C=O) groups excluding carboxylic acids is 2. The average molecular weight is 552 g/mol. The summed E-state index contributed by atoms with van der Waals surface area (Å²) in [7, 11) is -1.09. The number of fused-ring (bicyclic) bond motifs is 1. The third kappa shape index (κ3) is 5.17. The van der Waals surface area contributed by atoms with Crippen LogP contribution in [0.3, 0.4) is 0 Å². The molecular weight excluding hydrogens is 525 g/mol. The van der Waals surface area contributed by atoms with Gasteiger partial charge in [0.15, 0.2) is 9.04 Å². The van der Waals surface area contributed by atoms with Crippen LogP contribution in [0.15, 0.2) is 16.6 Å². The predicted molar refractivity (Wildman–Crippen MR) is 121 cm³/mol. The number of halogens is 2. The Hall–Kier alpha value is -0.253. The van der Waals surface area contributed by atoms with Crippen molar-refractivity contribution in [1.82, 2.24) is 0 Å².